The van der Waals surface area contributed by atoms with Gasteiger partial charge in [0.15, 0.2) is 0 Å². The third-order valence-corrected chi connectivity index (χ3v) is 6.70. The lowest BCUT2D eigenvalue weighted by Gasteiger charge is -2.44. The molecule has 0 aromatic heterocycles. The third kappa shape index (κ3) is 6.74. The van der Waals surface area contributed by atoms with E-state index in [-0.39, 0.29) is 18.6 Å². The van der Waals surface area contributed by atoms with Gasteiger partial charge in [-0.15, -0.1) is 11.6 Å². The minimum absolute atomic E-state index is 0.221. The normalized spacial score (nSPS) is 37.2. The number of aliphatic hydroxyl groups is 3. The third-order valence-electron chi connectivity index (χ3n) is 6.43. The molecule has 3 unspecified atom stereocenters. The number of rotatable bonds is 9. The van der Waals surface area contributed by atoms with E-state index in [0.29, 0.717) is 31.7 Å². The molecule has 2 aliphatic rings. The van der Waals surface area contributed by atoms with Gasteiger partial charge in [-0.1, -0.05) is 19.8 Å². The Bertz CT molecular complexity index is 528. The Hall–Kier alpha value is -0.510. The molecule has 176 valence electrons. The Morgan fingerprint density at radius 1 is 1.20 bits per heavy atom. The summed E-state index contributed by atoms with van der Waals surface area (Å²) < 4.78 is 18.2. The highest BCUT2D eigenvalue weighted by Crippen LogP contribution is 2.28. The molecule has 0 bridgehead atoms. The van der Waals surface area contributed by atoms with Crippen LogP contribution in [-0.4, -0.2) is 82.4 Å². The maximum atomic E-state index is 12.9. The predicted molar refractivity (Wildman–Crippen MR) is 113 cm³/mol. The van der Waals surface area contributed by atoms with Crippen LogP contribution in [0.25, 0.3) is 0 Å². The van der Waals surface area contributed by atoms with Crippen LogP contribution >= 0.6 is 11.6 Å². The number of hydrogen-bond donors (Lipinski definition) is 5. The summed E-state index contributed by atoms with van der Waals surface area (Å²) in [5.74, 6) is 0.261. The zero-order valence-electron chi connectivity index (χ0n) is 18.0. The van der Waals surface area contributed by atoms with Gasteiger partial charge in [0.1, 0.15) is 24.4 Å². The van der Waals surface area contributed by atoms with Crippen molar-refractivity contribution in [3.8, 4) is 0 Å². The van der Waals surface area contributed by atoms with Crippen LogP contribution in [0.5, 0.6) is 0 Å². The molecular weight excluding hydrogens is 415 g/mol. The minimum atomic E-state index is -1.37. The zero-order valence-corrected chi connectivity index (χ0v) is 18.7. The minimum Gasteiger partial charge on any atom is -0.388 e. The lowest BCUT2D eigenvalue weighted by Crippen LogP contribution is -2.65. The van der Waals surface area contributed by atoms with Gasteiger partial charge in [0.2, 0.25) is 5.91 Å². The molecule has 9 heteroatoms. The van der Waals surface area contributed by atoms with Crippen LogP contribution in [0, 0.1) is 5.92 Å². The Labute approximate surface area is 183 Å². The van der Waals surface area contributed by atoms with Crippen LogP contribution < -0.4 is 10.6 Å². The molecule has 0 saturated carbocycles. The quantitative estimate of drug-likeness (QED) is 0.266. The average Bonchev–Trinajstić information content (AvgIpc) is 2.97. The van der Waals surface area contributed by atoms with Crippen LogP contribution in [0.3, 0.4) is 0 Å². The smallest absolute Gasteiger partial charge is 0.237 e. The molecule has 2 heterocycles. The Balaban J connectivity index is 1.98. The van der Waals surface area contributed by atoms with Crippen LogP contribution in [-0.2, 0) is 9.53 Å². The first-order chi connectivity index (χ1) is 14.3. The molecule has 0 radical (unpaired) electrons. The number of unbranched alkanes of at least 4 members (excludes halogenated alkanes) is 1. The predicted octanol–water partition coefficient (Wildman–Crippen LogP) is 1.26. The molecule has 2 rings (SSSR count). The van der Waals surface area contributed by atoms with Gasteiger partial charge in [-0.05, 0) is 51.5 Å². The van der Waals surface area contributed by atoms with Crippen molar-refractivity contribution in [1.82, 2.24) is 10.6 Å². The van der Waals surface area contributed by atoms with E-state index >= 15 is 0 Å². The Morgan fingerprint density at radius 2 is 1.93 bits per heavy atom. The number of nitrogens with one attached hydrogen (secondary N) is 2. The number of ether oxygens (including phenoxy) is 1. The fraction of sp³-hybridized carbons (Fsp3) is 0.952. The number of carbonyl (C=O) groups excluding carboxylic acids is 1. The van der Waals surface area contributed by atoms with Crippen molar-refractivity contribution >= 4 is 17.5 Å². The number of halogens is 2. The van der Waals surface area contributed by atoms with E-state index in [9.17, 15) is 24.5 Å². The van der Waals surface area contributed by atoms with Crippen LogP contribution in [0.1, 0.15) is 58.8 Å². The summed E-state index contributed by atoms with van der Waals surface area (Å²) >= 11 is 6.33. The second-order valence-electron chi connectivity index (χ2n) is 8.65. The summed E-state index contributed by atoms with van der Waals surface area (Å²) in [5, 5.41) is 36.4. The van der Waals surface area contributed by atoms with Crippen LogP contribution in [0.4, 0.5) is 4.39 Å². The lowest BCUT2D eigenvalue weighted by molar-refractivity contribution is -0.228. The number of alkyl halides is 2. The zero-order chi connectivity index (χ0) is 22.3. The van der Waals surface area contributed by atoms with E-state index in [2.05, 4.69) is 10.6 Å². The van der Waals surface area contributed by atoms with Gasteiger partial charge >= 0.3 is 0 Å². The van der Waals surface area contributed by atoms with E-state index in [0.717, 1.165) is 25.7 Å². The molecular formula is C21H38ClFN2O5. The van der Waals surface area contributed by atoms with Crippen molar-refractivity contribution in [3.63, 3.8) is 0 Å². The highest BCUT2D eigenvalue weighted by Gasteiger charge is 2.47. The van der Waals surface area contributed by atoms with Gasteiger partial charge in [0.25, 0.3) is 0 Å². The summed E-state index contributed by atoms with van der Waals surface area (Å²) in [6.07, 6.45) is -0.103. The van der Waals surface area contributed by atoms with Crippen molar-refractivity contribution in [3.05, 3.63) is 0 Å². The van der Waals surface area contributed by atoms with Crippen molar-refractivity contribution in [2.75, 3.05) is 13.2 Å². The second kappa shape index (κ2) is 12.5. The van der Waals surface area contributed by atoms with Gasteiger partial charge in [-0.25, -0.2) is 0 Å². The van der Waals surface area contributed by atoms with Crippen LogP contribution in [0.2, 0.25) is 0 Å². The molecule has 9 atom stereocenters. The molecule has 2 saturated heterocycles. The summed E-state index contributed by atoms with van der Waals surface area (Å²) in [6.45, 7) is 3.94. The molecule has 30 heavy (non-hydrogen) atoms. The monoisotopic (exact) mass is 452 g/mol. The number of aliphatic hydroxyl groups excluding tert-OH is 3. The topological polar surface area (TPSA) is 111 Å². The second-order valence-corrected chi connectivity index (χ2v) is 9.34. The summed E-state index contributed by atoms with van der Waals surface area (Å²) in [7, 11) is 0. The fourth-order valence-electron chi connectivity index (χ4n) is 4.49. The van der Waals surface area contributed by atoms with E-state index in [4.69, 9.17) is 16.3 Å². The molecule has 7 nitrogen and oxygen atoms in total. The molecule has 0 aliphatic carbocycles. The first-order valence-corrected chi connectivity index (χ1v) is 11.7. The summed E-state index contributed by atoms with van der Waals surface area (Å²) in [5.41, 5.74) is 0. The van der Waals surface area contributed by atoms with Crippen molar-refractivity contribution in [2.45, 2.75) is 107 Å². The van der Waals surface area contributed by atoms with E-state index in [1.807, 2.05) is 6.92 Å². The standard InChI is InChI=1S/C21H38ClFN2O5/c1-3-15-17(26)18(27)19(28)20(30-15)16(12(2)22)25-21(29)14-8-7-13(9-11-24-14)6-4-5-10-23/h12-20,24,26-28H,3-11H2,1-2H3,(H,25,29)/t12-,13-,14-,15?,16+,17-,18?,19?,20+/m0/s1. The molecule has 2 aliphatic heterocycles. The van der Waals surface area contributed by atoms with E-state index in [1.165, 1.54) is 0 Å². The van der Waals surface area contributed by atoms with Gasteiger partial charge in [0.05, 0.1) is 30.2 Å². The fourth-order valence-corrected chi connectivity index (χ4v) is 4.69. The van der Waals surface area contributed by atoms with Crippen molar-refractivity contribution < 1.29 is 29.2 Å². The van der Waals surface area contributed by atoms with Gasteiger partial charge in [-0.2, -0.15) is 0 Å². The molecule has 0 spiro atoms. The van der Waals surface area contributed by atoms with Gasteiger partial charge < -0.3 is 30.7 Å². The SMILES string of the molecule is CCC1O[C@H]([C@H](NC(=O)[C@@H]2CC[C@H](CCCCF)CCN2)[C@H](C)Cl)C(O)C(O)[C@H]1O. The molecule has 5 N–H and O–H groups in total. The van der Waals surface area contributed by atoms with Crippen molar-refractivity contribution in [1.29, 1.82) is 0 Å². The van der Waals surface area contributed by atoms with E-state index < -0.39 is 41.9 Å². The van der Waals surface area contributed by atoms with Crippen LogP contribution in [0.15, 0.2) is 0 Å². The molecule has 2 fully saturated rings. The highest BCUT2D eigenvalue weighted by atomic mass is 35.5. The molecule has 0 aromatic carbocycles. The number of carbonyl (C=O) groups is 1. The van der Waals surface area contributed by atoms with Crippen molar-refractivity contribution in [2.24, 2.45) is 5.92 Å². The first kappa shape index (κ1) is 25.7. The number of hydrogen-bond acceptors (Lipinski definition) is 6. The molecule has 1 amide bonds. The maximum absolute atomic E-state index is 12.9. The average molecular weight is 453 g/mol. The maximum Gasteiger partial charge on any atom is 0.237 e. The summed E-state index contributed by atoms with van der Waals surface area (Å²) in [4.78, 5) is 12.9. The highest BCUT2D eigenvalue weighted by molar-refractivity contribution is 6.21. The van der Waals surface area contributed by atoms with Gasteiger partial charge in [0, 0.05) is 0 Å². The lowest BCUT2D eigenvalue weighted by atomic mass is 9.89. The largest absolute Gasteiger partial charge is 0.388 e. The first-order valence-electron chi connectivity index (χ1n) is 11.2. The summed E-state index contributed by atoms with van der Waals surface area (Å²) in [6, 6.07) is -1.11. The molecule has 0 aromatic rings. The number of amides is 1. The van der Waals surface area contributed by atoms with Gasteiger partial charge in [-0.3, -0.25) is 9.18 Å². The van der Waals surface area contributed by atoms with E-state index in [1.54, 1.807) is 6.92 Å². The Morgan fingerprint density at radius 3 is 2.57 bits per heavy atom. The Kier molecular flexibility index (Phi) is 10.7.